The summed E-state index contributed by atoms with van der Waals surface area (Å²) in [6, 6.07) is 8.51. The van der Waals surface area contributed by atoms with Crippen LogP contribution in [0, 0.1) is 5.41 Å². The summed E-state index contributed by atoms with van der Waals surface area (Å²) in [4.78, 5) is 13.3. The summed E-state index contributed by atoms with van der Waals surface area (Å²) < 4.78 is 23.8. The van der Waals surface area contributed by atoms with Crippen molar-refractivity contribution in [2.75, 3.05) is 26.4 Å². The number of fused-ring (bicyclic) bond motifs is 4. The van der Waals surface area contributed by atoms with E-state index in [9.17, 15) is 9.18 Å². The second-order valence-corrected chi connectivity index (χ2v) is 9.56. The van der Waals surface area contributed by atoms with Gasteiger partial charge in [0.15, 0.2) is 0 Å². The normalized spacial score (nSPS) is 29.4. The van der Waals surface area contributed by atoms with Crippen LogP contribution in [-0.4, -0.2) is 38.3 Å². The molecule has 0 aromatic heterocycles. The van der Waals surface area contributed by atoms with Crippen LogP contribution in [0.25, 0.3) is 0 Å². The summed E-state index contributed by atoms with van der Waals surface area (Å²) in [5, 5.41) is 3.35. The van der Waals surface area contributed by atoms with Crippen LogP contribution in [0.5, 0.6) is 5.75 Å². The highest BCUT2D eigenvalue weighted by atomic mass is 19.1. The van der Waals surface area contributed by atoms with Crippen LogP contribution in [0.3, 0.4) is 0 Å². The molecule has 5 rings (SSSR count). The Bertz CT molecular complexity index is 778. The van der Waals surface area contributed by atoms with Gasteiger partial charge in [0.1, 0.15) is 12.4 Å². The van der Waals surface area contributed by atoms with E-state index in [1.54, 1.807) is 0 Å². The number of nitrogens with two attached hydrogens (primary N) is 1. The Kier molecular flexibility index (Phi) is 6.97. The Morgan fingerprint density at radius 2 is 1.84 bits per heavy atom. The van der Waals surface area contributed by atoms with Gasteiger partial charge < -0.3 is 20.5 Å². The molecule has 31 heavy (non-hydrogen) atoms. The molecular formula is C25H35FN2O3. The summed E-state index contributed by atoms with van der Waals surface area (Å²) in [6.07, 6.45) is 9.59. The molecule has 1 amide bonds. The molecule has 1 aromatic rings. The van der Waals surface area contributed by atoms with E-state index >= 15 is 0 Å². The maximum atomic E-state index is 13.3. The Labute approximate surface area is 184 Å². The largest absolute Gasteiger partial charge is 0.489 e. The molecule has 3 saturated carbocycles. The third kappa shape index (κ3) is 4.80. The molecule has 4 aliphatic rings. The third-order valence-electron chi connectivity index (χ3n) is 7.82. The molecule has 0 spiro atoms. The number of hydrogen-bond acceptors (Lipinski definition) is 4. The molecule has 3 aliphatic carbocycles. The van der Waals surface area contributed by atoms with Gasteiger partial charge in [0.2, 0.25) is 5.91 Å². The second kappa shape index (κ2) is 9.70. The van der Waals surface area contributed by atoms with Crippen molar-refractivity contribution in [1.29, 1.82) is 0 Å². The van der Waals surface area contributed by atoms with Crippen LogP contribution in [0.4, 0.5) is 4.39 Å². The van der Waals surface area contributed by atoms with E-state index < -0.39 is 0 Å². The highest BCUT2D eigenvalue weighted by Crippen LogP contribution is 2.55. The van der Waals surface area contributed by atoms with Crippen LogP contribution >= 0.6 is 0 Å². The molecule has 170 valence electrons. The Morgan fingerprint density at radius 3 is 2.48 bits per heavy atom. The predicted octanol–water partition coefficient (Wildman–Crippen LogP) is 4.15. The molecule has 5 nitrogen and oxygen atoms in total. The van der Waals surface area contributed by atoms with Crippen molar-refractivity contribution in [2.24, 2.45) is 11.1 Å². The number of benzene rings is 1. The molecule has 0 unspecified atom stereocenters. The lowest BCUT2D eigenvalue weighted by Gasteiger charge is -2.43. The average molecular weight is 431 g/mol. The summed E-state index contributed by atoms with van der Waals surface area (Å²) in [5.74, 6) is 0.998. The van der Waals surface area contributed by atoms with E-state index in [4.69, 9.17) is 15.2 Å². The zero-order valence-electron chi connectivity index (χ0n) is 18.3. The molecular weight excluding hydrogens is 395 g/mol. The number of hydrogen-bond donors (Lipinski definition) is 2. The van der Waals surface area contributed by atoms with Crippen molar-refractivity contribution in [2.45, 2.75) is 69.2 Å². The number of carbonyl (C=O) groups is 1. The van der Waals surface area contributed by atoms with Crippen LogP contribution < -0.4 is 15.8 Å². The zero-order chi connectivity index (χ0) is 21.7. The van der Waals surface area contributed by atoms with Gasteiger partial charge in [0, 0.05) is 36.8 Å². The van der Waals surface area contributed by atoms with E-state index in [1.807, 2.05) is 12.1 Å². The van der Waals surface area contributed by atoms with Crippen molar-refractivity contribution in [3.63, 3.8) is 0 Å². The Morgan fingerprint density at radius 1 is 1.13 bits per heavy atom. The smallest absolute Gasteiger partial charge is 0.226 e. The van der Waals surface area contributed by atoms with Crippen molar-refractivity contribution in [3.05, 3.63) is 41.7 Å². The first kappa shape index (κ1) is 22.3. The molecule has 6 heteroatoms. The Balaban J connectivity index is 1.39. The summed E-state index contributed by atoms with van der Waals surface area (Å²) in [5.41, 5.74) is 7.21. The first-order valence-electron chi connectivity index (χ1n) is 11.7. The van der Waals surface area contributed by atoms with Gasteiger partial charge >= 0.3 is 0 Å². The van der Waals surface area contributed by atoms with E-state index in [0.717, 1.165) is 76.8 Å². The lowest BCUT2D eigenvalue weighted by molar-refractivity contribution is -0.134. The minimum atomic E-state index is -0.196. The Hall–Kier alpha value is -1.92. The van der Waals surface area contributed by atoms with E-state index in [2.05, 4.69) is 17.4 Å². The monoisotopic (exact) mass is 430 g/mol. The number of nitrogens with one attached hydrogen (secondary N) is 1. The van der Waals surface area contributed by atoms with Gasteiger partial charge in [0.25, 0.3) is 0 Å². The molecule has 1 saturated heterocycles. The number of carbonyl (C=O) groups excluding carboxylic acids is 1. The first-order valence-corrected chi connectivity index (χ1v) is 11.7. The van der Waals surface area contributed by atoms with Gasteiger partial charge in [-0.2, -0.15) is 0 Å². The quantitative estimate of drug-likeness (QED) is 0.681. The number of halogens is 1. The molecule has 1 aliphatic heterocycles. The average Bonchev–Trinajstić information content (AvgIpc) is 3.13. The van der Waals surface area contributed by atoms with Crippen molar-refractivity contribution >= 4 is 5.91 Å². The molecule has 0 atom stereocenters. The van der Waals surface area contributed by atoms with Gasteiger partial charge in [-0.1, -0.05) is 18.6 Å². The van der Waals surface area contributed by atoms with Crippen LogP contribution in [0.15, 0.2) is 36.2 Å². The number of rotatable bonds is 7. The standard InChI is InChI=1S/C25H35FN2O3/c26-16-19(17-27)18-31-22-4-2-20(3-5-22)24-8-1-9-25(12-10-24,13-11-24)23(29)28-21-6-14-30-15-7-21/h2-5,16,21H,1,6-15,17-18,27H2,(H,28,29). The molecule has 1 aromatic carbocycles. The molecule has 0 radical (unpaired) electrons. The minimum Gasteiger partial charge on any atom is -0.489 e. The summed E-state index contributed by atoms with van der Waals surface area (Å²) in [7, 11) is 0. The molecule has 3 N–H and O–H groups in total. The van der Waals surface area contributed by atoms with Gasteiger partial charge in [-0.25, -0.2) is 4.39 Å². The van der Waals surface area contributed by atoms with Gasteiger partial charge in [-0.3, -0.25) is 4.79 Å². The lowest BCUT2D eigenvalue weighted by atomic mass is 9.62. The summed E-state index contributed by atoms with van der Waals surface area (Å²) >= 11 is 0. The highest BCUT2D eigenvalue weighted by molar-refractivity contribution is 5.83. The second-order valence-electron chi connectivity index (χ2n) is 9.56. The highest BCUT2D eigenvalue weighted by Gasteiger charge is 2.50. The predicted molar refractivity (Wildman–Crippen MR) is 119 cm³/mol. The maximum absolute atomic E-state index is 13.3. The van der Waals surface area contributed by atoms with Gasteiger partial charge in [-0.15, -0.1) is 0 Å². The van der Waals surface area contributed by atoms with E-state index in [-0.39, 0.29) is 35.9 Å². The minimum absolute atomic E-state index is 0.152. The fraction of sp³-hybridized carbons (Fsp3) is 0.640. The van der Waals surface area contributed by atoms with Gasteiger partial charge in [-0.05, 0) is 74.5 Å². The zero-order valence-corrected chi connectivity index (χ0v) is 18.3. The SMILES string of the molecule is NCC(=CF)COc1ccc(C23CCCC(C(=O)NC4CCOCC4)(CC2)CC3)cc1. The molecule has 1 heterocycles. The van der Waals surface area contributed by atoms with Gasteiger partial charge in [0.05, 0.1) is 6.33 Å². The van der Waals surface area contributed by atoms with Crippen LogP contribution in [0.1, 0.15) is 63.4 Å². The third-order valence-corrected chi connectivity index (χ3v) is 7.82. The topological polar surface area (TPSA) is 73.6 Å². The van der Waals surface area contributed by atoms with Crippen molar-refractivity contribution in [3.8, 4) is 5.75 Å². The number of amides is 1. The van der Waals surface area contributed by atoms with Crippen LogP contribution in [-0.2, 0) is 14.9 Å². The fourth-order valence-corrected chi connectivity index (χ4v) is 5.64. The number of ether oxygens (including phenoxy) is 2. The lowest BCUT2D eigenvalue weighted by Crippen LogP contribution is -2.49. The van der Waals surface area contributed by atoms with E-state index in [1.165, 1.54) is 5.56 Å². The summed E-state index contributed by atoms with van der Waals surface area (Å²) in [6.45, 7) is 1.82. The molecule has 4 fully saturated rings. The van der Waals surface area contributed by atoms with Crippen LogP contribution in [0.2, 0.25) is 0 Å². The molecule has 2 bridgehead atoms. The van der Waals surface area contributed by atoms with Crippen molar-refractivity contribution in [1.82, 2.24) is 5.32 Å². The fourth-order valence-electron chi connectivity index (χ4n) is 5.64. The van der Waals surface area contributed by atoms with Crippen molar-refractivity contribution < 1.29 is 18.7 Å². The maximum Gasteiger partial charge on any atom is 0.226 e. The van der Waals surface area contributed by atoms with E-state index in [0.29, 0.717) is 11.9 Å². The first-order chi connectivity index (χ1) is 15.1.